The van der Waals surface area contributed by atoms with Crippen LogP contribution in [0, 0.1) is 6.92 Å². The van der Waals surface area contributed by atoms with Gasteiger partial charge in [0.15, 0.2) is 0 Å². The predicted molar refractivity (Wildman–Crippen MR) is 79.4 cm³/mol. The normalized spacial score (nSPS) is 11.2. The minimum absolute atomic E-state index is 1.14. The molecule has 2 aromatic rings. The van der Waals surface area contributed by atoms with Gasteiger partial charge >= 0.3 is 0 Å². The molecule has 2 rings (SSSR count). The minimum Gasteiger partial charge on any atom is -0.361 e. The second-order valence-electron chi connectivity index (χ2n) is 4.09. The van der Waals surface area contributed by atoms with Crippen molar-refractivity contribution in [2.45, 2.75) is 6.92 Å². The highest BCUT2D eigenvalue weighted by molar-refractivity contribution is 5.54. The van der Waals surface area contributed by atoms with Crippen LogP contribution in [0.15, 0.2) is 72.9 Å². The number of rotatable bonds is 4. The molecule has 90 valence electrons. The van der Waals surface area contributed by atoms with Gasteiger partial charge < -0.3 is 5.32 Å². The van der Waals surface area contributed by atoms with E-state index in [1.807, 2.05) is 48.7 Å². The number of hydrogen-bond acceptors (Lipinski definition) is 1. The average molecular weight is 235 g/mol. The first-order chi connectivity index (χ1) is 8.86. The Hall–Kier alpha value is -2.28. The van der Waals surface area contributed by atoms with E-state index in [0.29, 0.717) is 0 Å². The first kappa shape index (κ1) is 12.2. The zero-order chi connectivity index (χ0) is 12.6. The van der Waals surface area contributed by atoms with Crippen LogP contribution in [0.3, 0.4) is 0 Å². The summed E-state index contributed by atoms with van der Waals surface area (Å²) in [5.41, 5.74) is 3.59. The number of hydrogen-bond donors (Lipinski definition) is 1. The van der Waals surface area contributed by atoms with E-state index in [1.54, 1.807) is 0 Å². The van der Waals surface area contributed by atoms with Gasteiger partial charge in [-0.15, -0.1) is 0 Å². The van der Waals surface area contributed by atoms with Crippen molar-refractivity contribution in [2.24, 2.45) is 0 Å². The van der Waals surface area contributed by atoms with Crippen LogP contribution in [-0.4, -0.2) is 0 Å². The zero-order valence-electron chi connectivity index (χ0n) is 10.5. The third kappa shape index (κ3) is 3.63. The van der Waals surface area contributed by atoms with Crippen molar-refractivity contribution in [1.82, 2.24) is 0 Å². The van der Waals surface area contributed by atoms with E-state index < -0.39 is 0 Å². The number of aryl methyl sites for hydroxylation is 1. The molecule has 0 spiro atoms. The van der Waals surface area contributed by atoms with E-state index in [9.17, 15) is 0 Å². The maximum Gasteiger partial charge on any atom is 0.0409 e. The van der Waals surface area contributed by atoms with Crippen molar-refractivity contribution in [3.63, 3.8) is 0 Å². The SMILES string of the molecule is Cc1ccccc1N/C=C/C=C/c1ccccc1. The molecule has 0 bridgehead atoms. The maximum atomic E-state index is 3.27. The molecule has 1 nitrogen and oxygen atoms in total. The number of nitrogens with one attached hydrogen (secondary N) is 1. The first-order valence-electron chi connectivity index (χ1n) is 6.07. The minimum atomic E-state index is 1.14. The van der Waals surface area contributed by atoms with Crippen molar-refractivity contribution in [1.29, 1.82) is 0 Å². The summed E-state index contributed by atoms with van der Waals surface area (Å²) in [6.45, 7) is 2.09. The van der Waals surface area contributed by atoms with Gasteiger partial charge in [-0.3, -0.25) is 0 Å². The van der Waals surface area contributed by atoms with Crippen LogP contribution in [0.25, 0.3) is 6.08 Å². The fourth-order valence-electron chi connectivity index (χ4n) is 1.66. The summed E-state index contributed by atoms with van der Waals surface area (Å²) < 4.78 is 0. The largest absolute Gasteiger partial charge is 0.361 e. The van der Waals surface area contributed by atoms with Crippen molar-refractivity contribution in [3.8, 4) is 0 Å². The molecular formula is C17H17N. The molecule has 0 saturated heterocycles. The highest BCUT2D eigenvalue weighted by Crippen LogP contribution is 2.12. The summed E-state index contributed by atoms with van der Waals surface area (Å²) in [5, 5.41) is 3.27. The van der Waals surface area contributed by atoms with E-state index in [1.165, 1.54) is 11.1 Å². The van der Waals surface area contributed by atoms with Crippen LogP contribution in [0.1, 0.15) is 11.1 Å². The highest BCUT2D eigenvalue weighted by Gasteiger charge is 1.90. The van der Waals surface area contributed by atoms with Gasteiger partial charge in [0.05, 0.1) is 0 Å². The summed E-state index contributed by atoms with van der Waals surface area (Å²) in [4.78, 5) is 0. The molecule has 0 aromatic heterocycles. The Labute approximate surface area is 108 Å². The van der Waals surface area contributed by atoms with Gasteiger partial charge in [-0.05, 0) is 30.2 Å². The van der Waals surface area contributed by atoms with Crippen molar-refractivity contribution >= 4 is 11.8 Å². The summed E-state index contributed by atoms with van der Waals surface area (Å²) in [6.07, 6.45) is 8.05. The molecule has 0 saturated carbocycles. The first-order valence-corrected chi connectivity index (χ1v) is 6.07. The molecule has 18 heavy (non-hydrogen) atoms. The van der Waals surface area contributed by atoms with Crippen LogP contribution in [0.4, 0.5) is 5.69 Å². The van der Waals surface area contributed by atoms with Gasteiger partial charge in [0.25, 0.3) is 0 Å². The van der Waals surface area contributed by atoms with Gasteiger partial charge in [0.1, 0.15) is 0 Å². The van der Waals surface area contributed by atoms with Crippen LogP contribution < -0.4 is 5.32 Å². The van der Waals surface area contributed by atoms with E-state index in [2.05, 4.69) is 42.6 Å². The van der Waals surface area contributed by atoms with Crippen LogP contribution >= 0.6 is 0 Å². The summed E-state index contributed by atoms with van der Waals surface area (Å²) >= 11 is 0. The van der Waals surface area contributed by atoms with Gasteiger partial charge in [-0.25, -0.2) is 0 Å². The molecular weight excluding hydrogens is 218 g/mol. The molecule has 0 heterocycles. The van der Waals surface area contributed by atoms with Crippen molar-refractivity contribution < 1.29 is 0 Å². The average Bonchev–Trinajstić information content (AvgIpc) is 2.42. The molecule has 0 aliphatic heterocycles. The van der Waals surface area contributed by atoms with Crippen LogP contribution in [0.2, 0.25) is 0 Å². The second-order valence-corrected chi connectivity index (χ2v) is 4.09. The lowest BCUT2D eigenvalue weighted by molar-refractivity contribution is 1.44. The molecule has 0 radical (unpaired) electrons. The predicted octanol–water partition coefficient (Wildman–Crippen LogP) is 4.63. The lowest BCUT2D eigenvalue weighted by atomic mass is 10.2. The van der Waals surface area contributed by atoms with Gasteiger partial charge in [-0.1, -0.05) is 60.7 Å². The highest BCUT2D eigenvalue weighted by atomic mass is 14.8. The number of anilines is 1. The molecule has 2 aromatic carbocycles. The van der Waals surface area contributed by atoms with Gasteiger partial charge in [0.2, 0.25) is 0 Å². The van der Waals surface area contributed by atoms with E-state index >= 15 is 0 Å². The van der Waals surface area contributed by atoms with Gasteiger partial charge in [0, 0.05) is 11.9 Å². The Morgan fingerprint density at radius 2 is 1.56 bits per heavy atom. The Kier molecular flexibility index (Phi) is 4.37. The van der Waals surface area contributed by atoms with Gasteiger partial charge in [-0.2, -0.15) is 0 Å². The summed E-state index contributed by atoms with van der Waals surface area (Å²) in [6, 6.07) is 18.5. The molecule has 1 N–H and O–H groups in total. The molecule has 0 amide bonds. The maximum absolute atomic E-state index is 3.27. The van der Waals surface area contributed by atoms with Crippen molar-refractivity contribution in [2.75, 3.05) is 5.32 Å². The van der Waals surface area contributed by atoms with E-state index in [0.717, 1.165) is 5.69 Å². The molecule has 0 fully saturated rings. The Morgan fingerprint density at radius 1 is 0.833 bits per heavy atom. The Morgan fingerprint density at radius 3 is 2.33 bits per heavy atom. The molecule has 0 aliphatic carbocycles. The third-order valence-corrected chi connectivity index (χ3v) is 2.68. The van der Waals surface area contributed by atoms with E-state index in [4.69, 9.17) is 0 Å². The lowest BCUT2D eigenvalue weighted by Gasteiger charge is -2.03. The molecule has 1 heteroatoms. The van der Waals surface area contributed by atoms with Crippen LogP contribution in [-0.2, 0) is 0 Å². The molecule has 0 aliphatic rings. The number of para-hydroxylation sites is 1. The molecule has 0 atom stereocenters. The smallest absolute Gasteiger partial charge is 0.0409 e. The fourth-order valence-corrected chi connectivity index (χ4v) is 1.66. The lowest BCUT2D eigenvalue weighted by Crippen LogP contribution is -1.89. The van der Waals surface area contributed by atoms with Crippen molar-refractivity contribution in [3.05, 3.63) is 84.1 Å². The monoisotopic (exact) mass is 235 g/mol. The standard InChI is InChI=1S/C17H17N/c1-15-9-5-6-13-17(15)18-14-8-7-12-16-10-3-2-4-11-16/h2-14,18H,1H3/b12-7+,14-8+. The topological polar surface area (TPSA) is 12.0 Å². The van der Waals surface area contributed by atoms with E-state index in [-0.39, 0.29) is 0 Å². The fraction of sp³-hybridized carbons (Fsp3) is 0.0588. The number of benzene rings is 2. The third-order valence-electron chi connectivity index (χ3n) is 2.68. The Bertz CT molecular complexity index is 539. The van der Waals surface area contributed by atoms with Crippen LogP contribution in [0.5, 0.6) is 0 Å². The summed E-state index contributed by atoms with van der Waals surface area (Å²) in [5.74, 6) is 0. The quantitative estimate of drug-likeness (QED) is 0.761. The Balaban J connectivity index is 1.90. The second kappa shape index (κ2) is 6.45. The zero-order valence-corrected chi connectivity index (χ0v) is 10.5. The molecule has 0 unspecified atom stereocenters. The number of allylic oxidation sites excluding steroid dienone is 2. The summed E-state index contributed by atoms with van der Waals surface area (Å²) in [7, 11) is 0.